The van der Waals surface area contributed by atoms with Crippen LogP contribution < -0.4 is 0 Å². The van der Waals surface area contributed by atoms with Crippen LogP contribution >= 0.6 is 0 Å². The molecule has 0 aliphatic rings. The van der Waals surface area contributed by atoms with E-state index in [0.717, 1.165) is 5.56 Å². The maximum Gasteiger partial charge on any atom is 0.323 e. The number of carbonyl (C=O) groups excluding carboxylic acids is 1. The summed E-state index contributed by atoms with van der Waals surface area (Å²) in [4.78, 5) is 29.3. The predicted molar refractivity (Wildman–Crippen MR) is 85.1 cm³/mol. The zero-order valence-electron chi connectivity index (χ0n) is 13.4. The first-order chi connectivity index (χ1) is 10.9. The zero-order valence-corrected chi connectivity index (χ0v) is 13.4. The van der Waals surface area contributed by atoms with Crippen molar-refractivity contribution in [2.24, 2.45) is 0 Å². The second kappa shape index (κ2) is 7.09. The lowest BCUT2D eigenvalue weighted by atomic mass is 10.2. The molecule has 1 aromatic heterocycles. The highest BCUT2D eigenvalue weighted by Crippen LogP contribution is 2.23. The van der Waals surface area contributed by atoms with Gasteiger partial charge in [0, 0.05) is 11.6 Å². The third kappa shape index (κ3) is 3.77. The number of hydrogen-bond acceptors (Lipinski definition) is 4. The Balaban J connectivity index is 2.34. The lowest BCUT2D eigenvalue weighted by Gasteiger charge is -2.26. The third-order valence-electron chi connectivity index (χ3n) is 3.71. The Morgan fingerprint density at radius 3 is 2.52 bits per heavy atom. The molecule has 1 atom stereocenters. The van der Waals surface area contributed by atoms with E-state index in [1.165, 1.54) is 4.90 Å². The molecule has 1 unspecified atom stereocenters. The molecule has 0 saturated heterocycles. The first-order valence-electron chi connectivity index (χ1n) is 7.49. The highest BCUT2D eigenvalue weighted by molar-refractivity contribution is 5.95. The summed E-state index contributed by atoms with van der Waals surface area (Å²) in [5, 5.41) is 9.04. The highest BCUT2D eigenvalue weighted by atomic mass is 16.4. The Labute approximate surface area is 134 Å². The van der Waals surface area contributed by atoms with Gasteiger partial charge in [0.15, 0.2) is 5.69 Å². The van der Waals surface area contributed by atoms with E-state index in [1.54, 1.807) is 6.92 Å². The van der Waals surface area contributed by atoms with Crippen molar-refractivity contribution < 1.29 is 19.1 Å². The zero-order chi connectivity index (χ0) is 17.0. The van der Waals surface area contributed by atoms with Crippen LogP contribution in [0, 0.1) is 6.92 Å². The number of carboxylic acids is 1. The summed E-state index contributed by atoms with van der Waals surface area (Å²) >= 11 is 0. The summed E-state index contributed by atoms with van der Waals surface area (Å²) < 4.78 is 5.58. The molecule has 6 heteroatoms. The standard InChI is InChI=1S/C17H20N2O4/c1-4-11(2)19(10-14(20)21)17(22)15-12(3)23-16(18-15)13-8-6-5-7-9-13/h5-9,11H,4,10H2,1-3H3,(H,20,21). The van der Waals surface area contributed by atoms with Gasteiger partial charge in [-0.2, -0.15) is 0 Å². The van der Waals surface area contributed by atoms with Crippen LogP contribution in [0.5, 0.6) is 0 Å². The molecule has 23 heavy (non-hydrogen) atoms. The van der Waals surface area contributed by atoms with Gasteiger partial charge in [-0.3, -0.25) is 9.59 Å². The second-order valence-electron chi connectivity index (χ2n) is 5.37. The van der Waals surface area contributed by atoms with Gasteiger partial charge in [0.1, 0.15) is 12.3 Å². The molecule has 0 fully saturated rings. The number of aromatic nitrogens is 1. The van der Waals surface area contributed by atoms with Crippen LogP contribution in [-0.2, 0) is 4.79 Å². The van der Waals surface area contributed by atoms with E-state index in [-0.39, 0.29) is 18.3 Å². The van der Waals surface area contributed by atoms with Gasteiger partial charge in [0.25, 0.3) is 5.91 Å². The minimum Gasteiger partial charge on any atom is -0.480 e. The van der Waals surface area contributed by atoms with Crippen LogP contribution in [-0.4, -0.2) is 39.5 Å². The first kappa shape index (κ1) is 16.7. The number of nitrogens with zero attached hydrogens (tertiary/aromatic N) is 2. The fourth-order valence-corrected chi connectivity index (χ4v) is 2.23. The maximum absolute atomic E-state index is 12.7. The van der Waals surface area contributed by atoms with Crippen molar-refractivity contribution in [3.05, 3.63) is 41.8 Å². The first-order valence-corrected chi connectivity index (χ1v) is 7.49. The van der Waals surface area contributed by atoms with Gasteiger partial charge in [0.2, 0.25) is 5.89 Å². The number of hydrogen-bond donors (Lipinski definition) is 1. The topological polar surface area (TPSA) is 83.6 Å². The predicted octanol–water partition coefficient (Wildman–Crippen LogP) is 2.98. The summed E-state index contributed by atoms with van der Waals surface area (Å²) in [5.41, 5.74) is 0.924. The summed E-state index contributed by atoms with van der Waals surface area (Å²) in [6.07, 6.45) is 0.654. The van der Waals surface area contributed by atoms with Gasteiger partial charge in [-0.25, -0.2) is 4.98 Å². The molecule has 0 radical (unpaired) electrons. The van der Waals surface area contributed by atoms with E-state index in [2.05, 4.69) is 4.98 Å². The van der Waals surface area contributed by atoms with Crippen molar-refractivity contribution in [2.75, 3.05) is 6.54 Å². The lowest BCUT2D eigenvalue weighted by Crippen LogP contribution is -2.42. The van der Waals surface area contributed by atoms with Crippen molar-refractivity contribution in [3.63, 3.8) is 0 Å². The molecular weight excluding hydrogens is 296 g/mol. The molecule has 6 nitrogen and oxygen atoms in total. The lowest BCUT2D eigenvalue weighted by molar-refractivity contribution is -0.138. The summed E-state index contributed by atoms with van der Waals surface area (Å²) in [6, 6.07) is 9.06. The molecule has 122 valence electrons. The Bertz CT molecular complexity index is 694. The second-order valence-corrected chi connectivity index (χ2v) is 5.37. The minimum absolute atomic E-state index is 0.158. The molecule has 0 aliphatic carbocycles. The van der Waals surface area contributed by atoms with Gasteiger partial charge in [-0.05, 0) is 32.4 Å². The van der Waals surface area contributed by atoms with Gasteiger partial charge in [0.05, 0.1) is 0 Å². The van der Waals surface area contributed by atoms with Crippen LogP contribution in [0.3, 0.4) is 0 Å². The van der Waals surface area contributed by atoms with Gasteiger partial charge >= 0.3 is 5.97 Å². The SMILES string of the molecule is CCC(C)N(CC(=O)O)C(=O)c1nc(-c2ccccc2)oc1C. The molecule has 0 bridgehead atoms. The molecule has 2 rings (SSSR count). The molecule has 1 heterocycles. The molecule has 1 N–H and O–H groups in total. The van der Waals surface area contributed by atoms with E-state index >= 15 is 0 Å². The number of oxazole rings is 1. The van der Waals surface area contributed by atoms with E-state index in [9.17, 15) is 9.59 Å². The monoisotopic (exact) mass is 316 g/mol. The van der Waals surface area contributed by atoms with Crippen LogP contribution in [0.4, 0.5) is 0 Å². The smallest absolute Gasteiger partial charge is 0.323 e. The fourth-order valence-electron chi connectivity index (χ4n) is 2.23. The van der Waals surface area contributed by atoms with E-state index in [1.807, 2.05) is 44.2 Å². The molecule has 0 saturated carbocycles. The number of rotatable bonds is 6. The van der Waals surface area contributed by atoms with Crippen molar-refractivity contribution in [3.8, 4) is 11.5 Å². The number of aryl methyl sites for hydroxylation is 1. The van der Waals surface area contributed by atoms with E-state index < -0.39 is 11.9 Å². The van der Waals surface area contributed by atoms with Gasteiger partial charge in [-0.1, -0.05) is 25.1 Å². The minimum atomic E-state index is -1.05. The van der Waals surface area contributed by atoms with E-state index in [0.29, 0.717) is 18.1 Å². The largest absolute Gasteiger partial charge is 0.480 e. The van der Waals surface area contributed by atoms with Crippen LogP contribution in [0.2, 0.25) is 0 Å². The Morgan fingerprint density at radius 2 is 1.96 bits per heavy atom. The third-order valence-corrected chi connectivity index (χ3v) is 3.71. The summed E-state index contributed by atoms with van der Waals surface area (Å²) in [5.74, 6) is -0.744. The molecular formula is C17H20N2O4. The van der Waals surface area contributed by atoms with Crippen molar-refractivity contribution >= 4 is 11.9 Å². The highest BCUT2D eigenvalue weighted by Gasteiger charge is 2.27. The van der Waals surface area contributed by atoms with Gasteiger partial charge in [-0.15, -0.1) is 0 Å². The number of benzene rings is 1. The molecule has 0 spiro atoms. The average molecular weight is 316 g/mol. The normalized spacial score (nSPS) is 12.0. The Morgan fingerprint density at radius 1 is 1.30 bits per heavy atom. The maximum atomic E-state index is 12.7. The number of aliphatic carboxylic acids is 1. The number of carbonyl (C=O) groups is 2. The molecule has 0 aliphatic heterocycles. The molecule has 1 amide bonds. The van der Waals surface area contributed by atoms with Crippen LogP contribution in [0.15, 0.2) is 34.7 Å². The summed E-state index contributed by atoms with van der Waals surface area (Å²) in [7, 11) is 0. The van der Waals surface area contributed by atoms with Crippen molar-refractivity contribution in [2.45, 2.75) is 33.2 Å². The Kier molecular flexibility index (Phi) is 5.16. The Hall–Kier alpha value is -2.63. The molecule has 1 aromatic carbocycles. The van der Waals surface area contributed by atoms with Gasteiger partial charge < -0.3 is 14.4 Å². The van der Waals surface area contributed by atoms with Crippen LogP contribution in [0.25, 0.3) is 11.5 Å². The summed E-state index contributed by atoms with van der Waals surface area (Å²) in [6.45, 7) is 5.01. The quantitative estimate of drug-likeness (QED) is 0.885. The van der Waals surface area contributed by atoms with Crippen molar-refractivity contribution in [1.82, 2.24) is 9.88 Å². The van der Waals surface area contributed by atoms with Crippen molar-refractivity contribution in [1.29, 1.82) is 0 Å². The number of amides is 1. The fraction of sp³-hybridized carbons (Fsp3) is 0.353. The molecule has 2 aromatic rings. The average Bonchev–Trinajstić information content (AvgIpc) is 2.94. The van der Waals surface area contributed by atoms with Crippen LogP contribution in [0.1, 0.15) is 36.5 Å². The van der Waals surface area contributed by atoms with E-state index in [4.69, 9.17) is 9.52 Å². The number of carboxylic acid groups (broad SMARTS) is 1.